The maximum absolute atomic E-state index is 12.3. The second-order valence-corrected chi connectivity index (χ2v) is 5.72. The molecule has 2 aromatic heterocycles. The largest absolute Gasteiger partial charge is 0.488 e. The number of carbonyl (C=O) groups excluding carboxylic acids is 1. The number of carbonyl (C=O) groups is 1. The minimum Gasteiger partial charge on any atom is -0.423 e. The first-order valence-electron chi connectivity index (χ1n) is 7.88. The van der Waals surface area contributed by atoms with Gasteiger partial charge in [-0.2, -0.15) is 5.10 Å². The Morgan fingerprint density at radius 3 is 2.58 bits per heavy atom. The van der Waals surface area contributed by atoms with Crippen molar-refractivity contribution < 1.29 is 14.8 Å². The van der Waals surface area contributed by atoms with Crippen molar-refractivity contribution >= 4 is 35.3 Å². The van der Waals surface area contributed by atoms with E-state index in [1.807, 2.05) is 24.3 Å². The van der Waals surface area contributed by atoms with E-state index in [4.69, 9.17) is 10.0 Å². The molecule has 26 heavy (non-hydrogen) atoms. The van der Waals surface area contributed by atoms with Gasteiger partial charge in [0.05, 0.1) is 11.0 Å². The van der Waals surface area contributed by atoms with Crippen LogP contribution in [0.25, 0.3) is 22.6 Å². The highest BCUT2D eigenvalue weighted by Crippen LogP contribution is 2.20. The Balaban J connectivity index is 1.51. The number of aromatic amines is 2. The third-order valence-electron chi connectivity index (χ3n) is 3.93. The van der Waals surface area contributed by atoms with Gasteiger partial charge in [0, 0.05) is 11.6 Å². The minimum atomic E-state index is -1.56. The van der Waals surface area contributed by atoms with E-state index in [2.05, 4.69) is 25.5 Å². The van der Waals surface area contributed by atoms with E-state index in [1.54, 1.807) is 6.07 Å². The first kappa shape index (κ1) is 16.1. The number of aromatic nitrogens is 4. The summed E-state index contributed by atoms with van der Waals surface area (Å²) in [6.07, 6.45) is 0. The molecule has 0 aliphatic carbocycles. The van der Waals surface area contributed by atoms with Crippen LogP contribution in [-0.2, 0) is 0 Å². The summed E-state index contributed by atoms with van der Waals surface area (Å²) in [5, 5.41) is 27.8. The molecule has 0 unspecified atom stereocenters. The number of nitrogens with zero attached hydrogens (tertiary/aromatic N) is 2. The zero-order valence-electron chi connectivity index (χ0n) is 13.5. The maximum Gasteiger partial charge on any atom is 0.488 e. The molecule has 0 fully saturated rings. The Morgan fingerprint density at radius 1 is 1.08 bits per heavy atom. The molecular weight excluding hydrogens is 333 g/mol. The number of rotatable bonds is 4. The van der Waals surface area contributed by atoms with Gasteiger partial charge in [0.2, 0.25) is 0 Å². The van der Waals surface area contributed by atoms with Crippen LogP contribution >= 0.6 is 0 Å². The fourth-order valence-corrected chi connectivity index (χ4v) is 2.58. The van der Waals surface area contributed by atoms with Crippen molar-refractivity contribution in [3.8, 4) is 11.5 Å². The normalized spacial score (nSPS) is 10.8. The van der Waals surface area contributed by atoms with Crippen molar-refractivity contribution in [1.82, 2.24) is 20.2 Å². The molecule has 0 spiro atoms. The van der Waals surface area contributed by atoms with Gasteiger partial charge in [-0.1, -0.05) is 24.3 Å². The van der Waals surface area contributed by atoms with E-state index in [0.29, 0.717) is 28.4 Å². The molecule has 0 aliphatic heterocycles. The van der Waals surface area contributed by atoms with Crippen molar-refractivity contribution in [2.24, 2.45) is 0 Å². The highest BCUT2D eigenvalue weighted by atomic mass is 16.4. The Hall–Kier alpha value is -3.43. The van der Waals surface area contributed by atoms with Crippen LogP contribution in [0.5, 0.6) is 0 Å². The molecule has 5 N–H and O–H groups in total. The van der Waals surface area contributed by atoms with Gasteiger partial charge in [-0.05, 0) is 29.7 Å². The van der Waals surface area contributed by atoms with Gasteiger partial charge in [0.25, 0.3) is 5.91 Å². The van der Waals surface area contributed by atoms with Crippen molar-refractivity contribution in [3.05, 3.63) is 60.2 Å². The number of imidazole rings is 1. The van der Waals surface area contributed by atoms with Gasteiger partial charge in [-0.3, -0.25) is 9.89 Å². The third-order valence-corrected chi connectivity index (χ3v) is 3.93. The van der Waals surface area contributed by atoms with Crippen LogP contribution in [-0.4, -0.2) is 43.2 Å². The standard InChI is InChI=1S/C17H14BN5O3/c24-17(10-5-7-11(8-6-10)18(25)26)21-15-9-14(22-23-15)16-19-12-3-1-2-4-13(12)20-16/h1-9,25-26H,(H,19,20)(H2,21,22,23,24). The molecule has 0 saturated carbocycles. The molecule has 0 radical (unpaired) electrons. The molecule has 1 amide bonds. The van der Waals surface area contributed by atoms with Gasteiger partial charge in [-0.25, -0.2) is 4.98 Å². The van der Waals surface area contributed by atoms with Gasteiger partial charge in [-0.15, -0.1) is 0 Å². The summed E-state index contributed by atoms with van der Waals surface area (Å²) in [5.41, 5.74) is 3.09. The predicted molar refractivity (Wildman–Crippen MR) is 97.9 cm³/mol. The number of amides is 1. The van der Waals surface area contributed by atoms with E-state index in [-0.39, 0.29) is 5.91 Å². The number of hydrogen-bond acceptors (Lipinski definition) is 5. The van der Waals surface area contributed by atoms with Crippen molar-refractivity contribution in [1.29, 1.82) is 0 Å². The van der Waals surface area contributed by atoms with Gasteiger partial charge >= 0.3 is 7.12 Å². The number of nitrogens with one attached hydrogen (secondary N) is 3. The Kier molecular flexibility index (Phi) is 4.00. The lowest BCUT2D eigenvalue weighted by Crippen LogP contribution is -2.29. The SMILES string of the molecule is O=C(Nc1cc(-c2nc3ccccc3[nH]2)[nH]n1)c1ccc(B(O)O)cc1. The quantitative estimate of drug-likeness (QED) is 0.350. The first-order chi connectivity index (χ1) is 12.6. The lowest BCUT2D eigenvalue weighted by atomic mass is 9.80. The highest BCUT2D eigenvalue weighted by molar-refractivity contribution is 6.58. The number of H-pyrrole nitrogens is 2. The molecular formula is C17H14BN5O3. The predicted octanol–water partition coefficient (Wildman–Crippen LogP) is 0.885. The number of anilines is 1. The molecule has 4 rings (SSSR count). The maximum atomic E-state index is 12.3. The zero-order chi connectivity index (χ0) is 18.1. The van der Waals surface area contributed by atoms with Gasteiger partial charge in [0.15, 0.2) is 11.6 Å². The second-order valence-electron chi connectivity index (χ2n) is 5.72. The summed E-state index contributed by atoms with van der Waals surface area (Å²) < 4.78 is 0. The van der Waals surface area contributed by atoms with Crippen LogP contribution in [0, 0.1) is 0 Å². The average molecular weight is 347 g/mol. The van der Waals surface area contributed by atoms with E-state index in [9.17, 15) is 4.79 Å². The van der Waals surface area contributed by atoms with Crippen molar-refractivity contribution in [2.45, 2.75) is 0 Å². The molecule has 0 atom stereocenters. The molecule has 2 heterocycles. The summed E-state index contributed by atoms with van der Waals surface area (Å²) in [6.45, 7) is 0. The first-order valence-corrected chi connectivity index (χ1v) is 7.88. The fourth-order valence-electron chi connectivity index (χ4n) is 2.58. The number of benzene rings is 2. The van der Waals surface area contributed by atoms with E-state index in [1.165, 1.54) is 24.3 Å². The summed E-state index contributed by atoms with van der Waals surface area (Å²) in [5.74, 6) is 0.629. The zero-order valence-corrected chi connectivity index (χ0v) is 13.5. The van der Waals surface area contributed by atoms with Crippen molar-refractivity contribution in [2.75, 3.05) is 5.32 Å². The van der Waals surface area contributed by atoms with Crippen LogP contribution in [0.3, 0.4) is 0 Å². The molecule has 0 aliphatic rings. The lowest BCUT2D eigenvalue weighted by molar-refractivity contribution is 0.102. The monoisotopic (exact) mass is 347 g/mol. The Labute approximate surface area is 148 Å². The molecule has 8 nitrogen and oxygen atoms in total. The van der Waals surface area contributed by atoms with Crippen LogP contribution in [0.1, 0.15) is 10.4 Å². The van der Waals surface area contributed by atoms with E-state index < -0.39 is 7.12 Å². The second kappa shape index (κ2) is 6.47. The molecule has 9 heteroatoms. The molecule has 0 saturated heterocycles. The Morgan fingerprint density at radius 2 is 1.85 bits per heavy atom. The summed E-state index contributed by atoms with van der Waals surface area (Å²) in [7, 11) is -1.56. The van der Waals surface area contributed by atoms with Crippen LogP contribution in [0.15, 0.2) is 54.6 Å². The van der Waals surface area contributed by atoms with Crippen LogP contribution in [0.4, 0.5) is 5.82 Å². The van der Waals surface area contributed by atoms with Gasteiger partial charge < -0.3 is 20.3 Å². The van der Waals surface area contributed by atoms with Crippen molar-refractivity contribution in [3.63, 3.8) is 0 Å². The number of fused-ring (bicyclic) bond motifs is 1. The molecule has 4 aromatic rings. The summed E-state index contributed by atoms with van der Waals surface area (Å²) >= 11 is 0. The summed E-state index contributed by atoms with van der Waals surface area (Å²) in [6, 6.07) is 15.3. The highest BCUT2D eigenvalue weighted by Gasteiger charge is 2.14. The topological polar surface area (TPSA) is 127 Å². The fraction of sp³-hybridized carbons (Fsp3) is 0. The van der Waals surface area contributed by atoms with Crippen LogP contribution in [0.2, 0.25) is 0 Å². The molecule has 0 bridgehead atoms. The van der Waals surface area contributed by atoms with Crippen LogP contribution < -0.4 is 10.8 Å². The molecule has 2 aromatic carbocycles. The Bertz CT molecular complexity index is 1040. The average Bonchev–Trinajstić information content (AvgIpc) is 3.28. The smallest absolute Gasteiger partial charge is 0.423 e. The van der Waals surface area contributed by atoms with Gasteiger partial charge in [0.1, 0.15) is 5.69 Å². The summed E-state index contributed by atoms with van der Waals surface area (Å²) in [4.78, 5) is 19.9. The number of para-hydroxylation sites is 2. The number of hydrogen-bond donors (Lipinski definition) is 5. The lowest BCUT2D eigenvalue weighted by Gasteiger charge is -2.03. The third kappa shape index (κ3) is 3.08. The van der Waals surface area contributed by atoms with E-state index >= 15 is 0 Å². The minimum absolute atomic E-state index is 0.313. The van der Waals surface area contributed by atoms with E-state index in [0.717, 1.165) is 11.0 Å². The molecule has 128 valence electrons.